The van der Waals surface area contributed by atoms with Gasteiger partial charge in [0.2, 0.25) is 11.8 Å². The quantitative estimate of drug-likeness (QED) is 0.858. The molecule has 2 unspecified atom stereocenters. The molecule has 146 valence electrons. The van der Waals surface area contributed by atoms with Crippen molar-refractivity contribution in [3.63, 3.8) is 0 Å². The number of piperidine rings is 1. The molecule has 0 radical (unpaired) electrons. The van der Waals surface area contributed by atoms with E-state index in [1.807, 2.05) is 12.1 Å². The van der Waals surface area contributed by atoms with Crippen LogP contribution >= 0.6 is 0 Å². The van der Waals surface area contributed by atoms with E-state index in [4.69, 9.17) is 5.73 Å². The van der Waals surface area contributed by atoms with Gasteiger partial charge in [-0.15, -0.1) is 0 Å². The summed E-state index contributed by atoms with van der Waals surface area (Å²) in [5.41, 5.74) is 8.52. The van der Waals surface area contributed by atoms with Crippen molar-refractivity contribution in [3.05, 3.63) is 29.7 Å². The first-order chi connectivity index (χ1) is 12.9. The molecule has 1 amide bonds. The van der Waals surface area contributed by atoms with Crippen LogP contribution in [0.3, 0.4) is 0 Å². The lowest BCUT2D eigenvalue weighted by Crippen LogP contribution is -2.37. The Bertz CT molecular complexity index is 827. The second-order valence-electron chi connectivity index (χ2n) is 7.85. The number of hydrogen-bond acceptors (Lipinski definition) is 4. The molecular formula is C19H25F2N5O. The normalized spacial score (nSPS) is 24.7. The number of hydrogen-bond donors (Lipinski definition) is 2. The maximum atomic E-state index is 13.4. The third kappa shape index (κ3) is 3.95. The number of alkyl halides is 2. The van der Waals surface area contributed by atoms with Gasteiger partial charge in [-0.3, -0.25) is 4.79 Å². The summed E-state index contributed by atoms with van der Waals surface area (Å²) >= 11 is 0. The predicted octanol–water partition coefficient (Wildman–Crippen LogP) is 2.62. The van der Waals surface area contributed by atoms with Gasteiger partial charge in [0.1, 0.15) is 0 Å². The van der Waals surface area contributed by atoms with Crippen LogP contribution in [0, 0.1) is 11.8 Å². The van der Waals surface area contributed by atoms with Gasteiger partial charge in [-0.05, 0) is 43.7 Å². The van der Waals surface area contributed by atoms with E-state index in [0.717, 1.165) is 25.1 Å². The van der Waals surface area contributed by atoms with Gasteiger partial charge in [0.05, 0.1) is 23.6 Å². The van der Waals surface area contributed by atoms with Gasteiger partial charge in [0, 0.05) is 31.7 Å². The van der Waals surface area contributed by atoms with Crippen LogP contribution in [0.4, 0.5) is 8.78 Å². The lowest BCUT2D eigenvalue weighted by Gasteiger charge is -2.31. The first kappa shape index (κ1) is 18.3. The van der Waals surface area contributed by atoms with Crippen LogP contribution in [0.25, 0.3) is 5.65 Å². The van der Waals surface area contributed by atoms with Gasteiger partial charge in [-0.2, -0.15) is 5.10 Å². The Morgan fingerprint density at radius 2 is 2.07 bits per heavy atom. The molecule has 4 rings (SSSR count). The average molecular weight is 377 g/mol. The first-order valence-corrected chi connectivity index (χ1v) is 9.68. The molecular weight excluding hydrogens is 352 g/mol. The number of nitrogens with one attached hydrogen (secondary N) is 1. The molecule has 3 heterocycles. The third-order valence-electron chi connectivity index (χ3n) is 5.86. The number of rotatable bonds is 4. The van der Waals surface area contributed by atoms with E-state index in [0.29, 0.717) is 30.6 Å². The summed E-state index contributed by atoms with van der Waals surface area (Å²) in [7, 11) is 0. The van der Waals surface area contributed by atoms with Crippen LogP contribution in [0.15, 0.2) is 18.3 Å². The number of imidazole rings is 1. The lowest BCUT2D eigenvalue weighted by molar-refractivity contribution is -0.126. The molecule has 27 heavy (non-hydrogen) atoms. The van der Waals surface area contributed by atoms with Gasteiger partial charge in [0.15, 0.2) is 5.65 Å². The molecule has 2 aliphatic rings. The number of nitrogens with two attached hydrogens (primary N) is 1. The second kappa shape index (κ2) is 7.14. The monoisotopic (exact) mass is 377 g/mol. The van der Waals surface area contributed by atoms with Crippen LogP contribution in [0.2, 0.25) is 0 Å². The predicted molar refractivity (Wildman–Crippen MR) is 96.3 cm³/mol. The van der Waals surface area contributed by atoms with Crippen LogP contribution in [0.5, 0.6) is 0 Å². The van der Waals surface area contributed by atoms with Crippen LogP contribution in [-0.4, -0.2) is 33.0 Å². The number of nitrogens with zero attached hydrogens (tertiary/aromatic N) is 3. The Hall–Kier alpha value is -2.09. The zero-order valence-electron chi connectivity index (χ0n) is 15.2. The first-order valence-electron chi connectivity index (χ1n) is 9.68. The van der Waals surface area contributed by atoms with E-state index in [2.05, 4.69) is 15.4 Å². The fourth-order valence-electron chi connectivity index (χ4n) is 4.16. The molecule has 2 atom stereocenters. The summed E-state index contributed by atoms with van der Waals surface area (Å²) in [6.07, 6.45) is 4.86. The van der Waals surface area contributed by atoms with Gasteiger partial charge in [-0.25, -0.2) is 18.3 Å². The minimum absolute atomic E-state index is 0.0138. The molecule has 2 aromatic heterocycles. The van der Waals surface area contributed by atoms with Crippen molar-refractivity contribution in [2.45, 2.75) is 56.9 Å². The molecule has 2 aromatic rings. The summed E-state index contributed by atoms with van der Waals surface area (Å²) in [5, 5.41) is 7.47. The number of carbonyl (C=O) groups is 1. The largest absolute Gasteiger partial charge is 0.356 e. The topological polar surface area (TPSA) is 85.3 Å². The van der Waals surface area contributed by atoms with Crippen LogP contribution in [-0.2, 0) is 11.2 Å². The van der Waals surface area contributed by atoms with Crippen LogP contribution in [0.1, 0.15) is 56.0 Å². The Morgan fingerprint density at radius 1 is 1.30 bits per heavy atom. The Labute approximate surface area is 156 Å². The summed E-state index contributed by atoms with van der Waals surface area (Å²) < 4.78 is 28.4. The number of fused-ring (bicyclic) bond motifs is 1. The van der Waals surface area contributed by atoms with Crippen molar-refractivity contribution < 1.29 is 13.6 Å². The maximum absolute atomic E-state index is 13.4. The van der Waals surface area contributed by atoms with Crippen molar-refractivity contribution in [2.24, 2.45) is 17.6 Å². The summed E-state index contributed by atoms with van der Waals surface area (Å²) in [6.45, 7) is 0.748. The van der Waals surface area contributed by atoms with E-state index in [1.54, 1.807) is 10.7 Å². The Balaban J connectivity index is 1.48. The molecule has 1 aliphatic carbocycles. The SMILES string of the molecule is NC(c1cn2nc(CC3CCCNC3=O)ccc2n1)C1CCC(F)(F)CC1. The fourth-order valence-corrected chi connectivity index (χ4v) is 4.16. The van der Waals surface area contributed by atoms with E-state index in [-0.39, 0.29) is 36.6 Å². The highest BCUT2D eigenvalue weighted by Crippen LogP contribution is 2.40. The van der Waals surface area contributed by atoms with E-state index in [1.165, 1.54) is 0 Å². The molecule has 3 N–H and O–H groups in total. The lowest BCUT2D eigenvalue weighted by atomic mass is 9.81. The number of aromatic nitrogens is 3. The number of amides is 1. The van der Waals surface area contributed by atoms with Crippen molar-refractivity contribution in [2.75, 3.05) is 6.54 Å². The third-order valence-corrected chi connectivity index (χ3v) is 5.86. The molecule has 8 heteroatoms. The Kier molecular flexibility index (Phi) is 4.84. The number of carbonyl (C=O) groups excluding carboxylic acids is 1. The van der Waals surface area contributed by atoms with E-state index in [9.17, 15) is 13.6 Å². The highest BCUT2D eigenvalue weighted by molar-refractivity contribution is 5.79. The highest BCUT2D eigenvalue weighted by Gasteiger charge is 2.37. The standard InChI is InChI=1S/C19H25F2N5O/c20-19(21)7-5-12(6-8-19)17(22)15-11-26-16(24-15)4-3-14(25-26)10-13-2-1-9-23-18(13)27/h3-4,11-13,17H,1-2,5-10,22H2,(H,23,27). The molecule has 6 nitrogen and oxygen atoms in total. The van der Waals surface area contributed by atoms with Gasteiger partial charge < -0.3 is 11.1 Å². The number of halogens is 2. The minimum Gasteiger partial charge on any atom is -0.356 e. The molecule has 0 aromatic carbocycles. The summed E-state index contributed by atoms with van der Waals surface area (Å²) in [6, 6.07) is 3.39. The van der Waals surface area contributed by atoms with Crippen molar-refractivity contribution in [1.82, 2.24) is 19.9 Å². The van der Waals surface area contributed by atoms with Crippen molar-refractivity contribution in [3.8, 4) is 0 Å². The summed E-state index contributed by atoms with van der Waals surface area (Å²) in [4.78, 5) is 16.5. The molecule has 1 saturated heterocycles. The van der Waals surface area contributed by atoms with E-state index >= 15 is 0 Å². The van der Waals surface area contributed by atoms with Crippen molar-refractivity contribution >= 4 is 11.6 Å². The average Bonchev–Trinajstić information content (AvgIpc) is 3.06. The highest BCUT2D eigenvalue weighted by atomic mass is 19.3. The minimum atomic E-state index is -2.56. The molecule has 0 bridgehead atoms. The molecule has 0 spiro atoms. The van der Waals surface area contributed by atoms with Crippen LogP contribution < -0.4 is 11.1 Å². The van der Waals surface area contributed by atoms with Gasteiger partial charge >= 0.3 is 0 Å². The summed E-state index contributed by atoms with van der Waals surface area (Å²) in [5.74, 6) is -2.50. The molecule has 1 saturated carbocycles. The van der Waals surface area contributed by atoms with E-state index < -0.39 is 5.92 Å². The second-order valence-corrected chi connectivity index (χ2v) is 7.85. The van der Waals surface area contributed by atoms with Crippen molar-refractivity contribution in [1.29, 1.82) is 0 Å². The zero-order valence-corrected chi connectivity index (χ0v) is 15.2. The maximum Gasteiger partial charge on any atom is 0.248 e. The van der Waals surface area contributed by atoms with Gasteiger partial charge in [0.25, 0.3) is 0 Å². The fraction of sp³-hybridized carbons (Fsp3) is 0.632. The smallest absolute Gasteiger partial charge is 0.248 e. The van der Waals surface area contributed by atoms with Gasteiger partial charge in [-0.1, -0.05) is 0 Å². The Morgan fingerprint density at radius 3 is 2.81 bits per heavy atom. The zero-order chi connectivity index (χ0) is 19.0. The molecule has 2 fully saturated rings. The molecule has 1 aliphatic heterocycles.